The summed E-state index contributed by atoms with van der Waals surface area (Å²) in [5.74, 6) is 0.365. The van der Waals surface area contributed by atoms with Crippen LogP contribution in [0.3, 0.4) is 0 Å². The van der Waals surface area contributed by atoms with Gasteiger partial charge in [-0.15, -0.1) is 10.2 Å². The van der Waals surface area contributed by atoms with E-state index in [2.05, 4.69) is 34.7 Å². The van der Waals surface area contributed by atoms with Crippen LogP contribution in [0.5, 0.6) is 0 Å². The van der Waals surface area contributed by atoms with Crippen LogP contribution < -0.4 is 10.6 Å². The summed E-state index contributed by atoms with van der Waals surface area (Å²) in [6.45, 7) is 6.36. The quantitative estimate of drug-likeness (QED) is 0.853. The molecule has 0 aliphatic carbocycles. The fourth-order valence-electron chi connectivity index (χ4n) is 1.79. The topological polar surface area (TPSA) is 80.0 Å². The summed E-state index contributed by atoms with van der Waals surface area (Å²) in [5.41, 5.74) is 2.51. The van der Waals surface area contributed by atoms with Gasteiger partial charge in [0.25, 0.3) is 0 Å². The third kappa shape index (κ3) is 4.13. The van der Waals surface area contributed by atoms with Gasteiger partial charge in [0.1, 0.15) is 0 Å². The van der Waals surface area contributed by atoms with Crippen molar-refractivity contribution < 1.29 is 9.21 Å². The van der Waals surface area contributed by atoms with Gasteiger partial charge in [0.2, 0.25) is 18.2 Å². The van der Waals surface area contributed by atoms with Crippen LogP contribution in [0.25, 0.3) is 11.5 Å². The Kier molecular flexibility index (Phi) is 5.05. The van der Waals surface area contributed by atoms with E-state index in [0.29, 0.717) is 18.5 Å². The summed E-state index contributed by atoms with van der Waals surface area (Å²) in [6, 6.07) is 5.96. The van der Waals surface area contributed by atoms with Crippen molar-refractivity contribution in [3.8, 4) is 11.5 Å². The van der Waals surface area contributed by atoms with Gasteiger partial charge in [-0.05, 0) is 38.0 Å². The molecule has 1 heterocycles. The number of benzene rings is 1. The normalized spacial score (nSPS) is 12.1. The zero-order valence-corrected chi connectivity index (χ0v) is 12.5. The molecule has 0 bridgehead atoms. The molecule has 2 rings (SSSR count). The third-order valence-corrected chi connectivity index (χ3v) is 3.34. The first-order chi connectivity index (χ1) is 10.1. The van der Waals surface area contributed by atoms with Crippen molar-refractivity contribution in [3.63, 3.8) is 0 Å². The SMILES string of the molecule is CCC(C)NCC(=O)Nc1cc(-c2nnco2)ccc1C. The summed E-state index contributed by atoms with van der Waals surface area (Å²) in [5, 5.41) is 13.6. The minimum Gasteiger partial charge on any atom is -0.423 e. The summed E-state index contributed by atoms with van der Waals surface area (Å²) in [4.78, 5) is 12.0. The minimum absolute atomic E-state index is 0.0684. The molecule has 2 N–H and O–H groups in total. The van der Waals surface area contributed by atoms with Gasteiger partial charge in [-0.25, -0.2) is 0 Å². The van der Waals surface area contributed by atoms with Crippen LogP contribution in [0.1, 0.15) is 25.8 Å². The highest BCUT2D eigenvalue weighted by atomic mass is 16.4. The highest BCUT2D eigenvalue weighted by Crippen LogP contribution is 2.23. The molecule has 0 saturated carbocycles. The molecule has 0 spiro atoms. The number of aromatic nitrogens is 2. The van der Waals surface area contributed by atoms with Crippen molar-refractivity contribution in [3.05, 3.63) is 30.2 Å². The predicted molar refractivity (Wildman–Crippen MR) is 80.9 cm³/mol. The zero-order valence-electron chi connectivity index (χ0n) is 12.5. The molecule has 6 nitrogen and oxygen atoms in total. The average molecular weight is 288 g/mol. The number of anilines is 1. The van der Waals surface area contributed by atoms with Gasteiger partial charge >= 0.3 is 0 Å². The van der Waals surface area contributed by atoms with E-state index in [4.69, 9.17) is 4.42 Å². The molecule has 21 heavy (non-hydrogen) atoms. The van der Waals surface area contributed by atoms with Crippen LogP contribution in [0.4, 0.5) is 5.69 Å². The fourth-order valence-corrected chi connectivity index (χ4v) is 1.79. The number of hydrogen-bond donors (Lipinski definition) is 2. The van der Waals surface area contributed by atoms with E-state index in [0.717, 1.165) is 23.2 Å². The van der Waals surface area contributed by atoms with Crippen LogP contribution in [-0.2, 0) is 4.79 Å². The Labute approximate surface area is 124 Å². The number of aryl methyl sites for hydroxylation is 1. The van der Waals surface area contributed by atoms with Crippen LogP contribution in [0.15, 0.2) is 29.0 Å². The van der Waals surface area contributed by atoms with Crippen LogP contribution in [0.2, 0.25) is 0 Å². The Morgan fingerprint density at radius 3 is 2.90 bits per heavy atom. The van der Waals surface area contributed by atoms with Crippen molar-refractivity contribution in [2.24, 2.45) is 0 Å². The number of carbonyl (C=O) groups is 1. The molecule has 0 fully saturated rings. The van der Waals surface area contributed by atoms with Crippen molar-refractivity contribution in [2.75, 3.05) is 11.9 Å². The maximum atomic E-state index is 12.0. The molecule has 2 aromatic rings. The van der Waals surface area contributed by atoms with Crippen molar-refractivity contribution >= 4 is 11.6 Å². The molecule has 1 aromatic carbocycles. The molecule has 0 aliphatic heterocycles. The second-order valence-electron chi connectivity index (χ2n) is 5.01. The summed E-state index contributed by atoms with van der Waals surface area (Å²) in [7, 11) is 0. The Bertz CT molecular complexity index is 596. The van der Waals surface area contributed by atoms with Crippen molar-refractivity contribution in [1.82, 2.24) is 15.5 Å². The van der Waals surface area contributed by atoms with E-state index >= 15 is 0 Å². The van der Waals surface area contributed by atoms with Crippen molar-refractivity contribution in [1.29, 1.82) is 0 Å². The molecule has 0 saturated heterocycles. The predicted octanol–water partition coefficient (Wildman–Crippen LogP) is 2.37. The van der Waals surface area contributed by atoms with Gasteiger partial charge < -0.3 is 15.1 Å². The summed E-state index contributed by atoms with van der Waals surface area (Å²) in [6.07, 6.45) is 2.27. The van der Waals surface area contributed by atoms with Gasteiger partial charge in [-0.3, -0.25) is 4.79 Å². The smallest absolute Gasteiger partial charge is 0.247 e. The van der Waals surface area contributed by atoms with E-state index in [1.54, 1.807) is 0 Å². The number of nitrogens with one attached hydrogen (secondary N) is 2. The lowest BCUT2D eigenvalue weighted by Crippen LogP contribution is -2.34. The van der Waals surface area contributed by atoms with Crippen LogP contribution in [0, 0.1) is 6.92 Å². The number of nitrogens with zero attached hydrogens (tertiary/aromatic N) is 2. The van der Waals surface area contributed by atoms with E-state index < -0.39 is 0 Å². The minimum atomic E-state index is -0.0684. The highest BCUT2D eigenvalue weighted by molar-refractivity contribution is 5.93. The Morgan fingerprint density at radius 1 is 1.43 bits per heavy atom. The highest BCUT2D eigenvalue weighted by Gasteiger charge is 2.10. The molecular formula is C15H20N4O2. The second-order valence-corrected chi connectivity index (χ2v) is 5.01. The first kappa shape index (κ1) is 15.2. The maximum Gasteiger partial charge on any atom is 0.247 e. The molecule has 112 valence electrons. The third-order valence-electron chi connectivity index (χ3n) is 3.34. The Hall–Kier alpha value is -2.21. The molecule has 1 aromatic heterocycles. The zero-order chi connectivity index (χ0) is 15.2. The van der Waals surface area contributed by atoms with E-state index in [9.17, 15) is 4.79 Å². The molecule has 0 radical (unpaired) electrons. The maximum absolute atomic E-state index is 12.0. The van der Waals surface area contributed by atoms with E-state index in [1.807, 2.05) is 25.1 Å². The van der Waals surface area contributed by atoms with E-state index in [1.165, 1.54) is 6.39 Å². The van der Waals surface area contributed by atoms with Gasteiger partial charge in [0.15, 0.2) is 0 Å². The molecule has 1 atom stereocenters. The number of rotatable bonds is 6. The lowest BCUT2D eigenvalue weighted by atomic mass is 10.1. The van der Waals surface area contributed by atoms with Gasteiger partial charge in [-0.1, -0.05) is 13.0 Å². The summed E-state index contributed by atoms with van der Waals surface area (Å²) >= 11 is 0. The van der Waals surface area contributed by atoms with Crippen LogP contribution in [-0.4, -0.2) is 28.7 Å². The van der Waals surface area contributed by atoms with Gasteiger partial charge in [0, 0.05) is 17.3 Å². The molecule has 6 heteroatoms. The largest absolute Gasteiger partial charge is 0.423 e. The number of carbonyl (C=O) groups excluding carboxylic acids is 1. The Morgan fingerprint density at radius 2 is 2.24 bits per heavy atom. The second kappa shape index (κ2) is 6.99. The average Bonchev–Trinajstić information content (AvgIpc) is 3.01. The first-order valence-electron chi connectivity index (χ1n) is 7.00. The fraction of sp³-hybridized carbons (Fsp3) is 0.400. The lowest BCUT2D eigenvalue weighted by molar-refractivity contribution is -0.115. The molecule has 0 aliphatic rings. The number of amides is 1. The summed E-state index contributed by atoms with van der Waals surface area (Å²) < 4.78 is 5.17. The first-order valence-corrected chi connectivity index (χ1v) is 7.00. The van der Waals surface area contributed by atoms with E-state index in [-0.39, 0.29) is 5.91 Å². The molecular weight excluding hydrogens is 268 g/mol. The number of hydrogen-bond acceptors (Lipinski definition) is 5. The standard InChI is InChI=1S/C15H20N4O2/c1-4-11(3)16-8-14(20)18-13-7-12(6-5-10(13)2)15-19-17-9-21-15/h5-7,9,11,16H,4,8H2,1-3H3,(H,18,20). The van der Waals surface area contributed by atoms with Crippen molar-refractivity contribution in [2.45, 2.75) is 33.2 Å². The lowest BCUT2D eigenvalue weighted by Gasteiger charge is -2.13. The molecule has 1 unspecified atom stereocenters. The van der Waals surface area contributed by atoms with Gasteiger partial charge in [-0.2, -0.15) is 0 Å². The molecule has 1 amide bonds. The Balaban J connectivity index is 2.05. The van der Waals surface area contributed by atoms with Crippen LogP contribution >= 0.6 is 0 Å². The van der Waals surface area contributed by atoms with Gasteiger partial charge in [0.05, 0.1) is 6.54 Å². The monoisotopic (exact) mass is 288 g/mol.